The number of benzene rings is 2. The van der Waals surface area contributed by atoms with E-state index in [0.717, 1.165) is 17.4 Å². The minimum atomic E-state index is -0.568. The van der Waals surface area contributed by atoms with E-state index in [1.165, 1.54) is 11.1 Å². The van der Waals surface area contributed by atoms with Gasteiger partial charge < -0.3 is 4.79 Å². The maximum absolute atomic E-state index is 11.6. The van der Waals surface area contributed by atoms with Gasteiger partial charge in [0, 0.05) is 0 Å². The van der Waals surface area contributed by atoms with Crippen LogP contribution >= 0.6 is 0 Å². The number of aldehydes is 1. The molecule has 0 aliphatic rings. The van der Waals surface area contributed by atoms with Crippen LogP contribution in [-0.4, -0.2) is 6.29 Å². The highest BCUT2D eigenvalue weighted by atomic mass is 16.1. The number of hydrogen-bond acceptors (Lipinski definition) is 1. The van der Waals surface area contributed by atoms with Gasteiger partial charge in [-0.05, 0) is 31.9 Å². The Morgan fingerprint density at radius 3 is 1.39 bits per heavy atom. The van der Waals surface area contributed by atoms with Gasteiger partial charge in [-0.15, -0.1) is 0 Å². The first-order valence-corrected chi connectivity index (χ1v) is 6.17. The highest BCUT2D eigenvalue weighted by Gasteiger charge is 2.28. The Bertz CT molecular complexity index is 489. The fraction of sp³-hybridized carbons (Fsp3) is 0.235. The smallest absolute Gasteiger partial charge is 0.134 e. The second-order valence-corrected chi connectivity index (χ2v) is 5.05. The lowest BCUT2D eigenvalue weighted by atomic mass is 9.77. The molecule has 0 saturated carbocycles. The van der Waals surface area contributed by atoms with E-state index in [1.54, 1.807) is 0 Å². The molecule has 0 amide bonds. The molecule has 2 aromatic carbocycles. The molecule has 0 N–H and O–H groups in total. The van der Waals surface area contributed by atoms with Crippen molar-refractivity contribution in [3.05, 3.63) is 70.8 Å². The standard InChI is InChI=1S/C17H18O/c1-13-4-8-15(9-5-13)17(3,12-18)16-10-6-14(2)7-11-16/h4-12H,1-3H3. The maximum Gasteiger partial charge on any atom is 0.134 e. The molecular weight excluding hydrogens is 220 g/mol. The predicted molar refractivity (Wildman–Crippen MR) is 74.9 cm³/mol. The van der Waals surface area contributed by atoms with E-state index in [1.807, 2.05) is 69.3 Å². The van der Waals surface area contributed by atoms with Gasteiger partial charge in [0.15, 0.2) is 0 Å². The third-order valence-corrected chi connectivity index (χ3v) is 3.54. The largest absolute Gasteiger partial charge is 0.302 e. The summed E-state index contributed by atoms with van der Waals surface area (Å²) in [5, 5.41) is 0. The molecule has 2 aromatic rings. The van der Waals surface area contributed by atoms with E-state index >= 15 is 0 Å². The van der Waals surface area contributed by atoms with E-state index < -0.39 is 5.41 Å². The Labute approximate surface area is 108 Å². The van der Waals surface area contributed by atoms with Gasteiger partial charge >= 0.3 is 0 Å². The molecule has 0 bridgehead atoms. The van der Waals surface area contributed by atoms with Gasteiger partial charge in [-0.2, -0.15) is 0 Å². The first kappa shape index (κ1) is 12.6. The van der Waals surface area contributed by atoms with Crippen LogP contribution in [0.15, 0.2) is 48.5 Å². The summed E-state index contributed by atoms with van der Waals surface area (Å²) < 4.78 is 0. The zero-order valence-corrected chi connectivity index (χ0v) is 11.1. The molecule has 0 fully saturated rings. The first-order valence-electron chi connectivity index (χ1n) is 6.17. The predicted octanol–water partition coefficient (Wildman–Crippen LogP) is 3.81. The summed E-state index contributed by atoms with van der Waals surface area (Å²) in [6.07, 6.45) is 1.03. The van der Waals surface area contributed by atoms with Gasteiger partial charge in [0.2, 0.25) is 0 Å². The normalized spacial score (nSPS) is 11.3. The van der Waals surface area contributed by atoms with Crippen LogP contribution < -0.4 is 0 Å². The molecule has 1 heteroatoms. The lowest BCUT2D eigenvalue weighted by Crippen LogP contribution is -2.25. The Kier molecular flexibility index (Phi) is 3.33. The number of carbonyl (C=O) groups excluding carboxylic acids is 1. The van der Waals surface area contributed by atoms with E-state index in [-0.39, 0.29) is 0 Å². The highest BCUT2D eigenvalue weighted by Crippen LogP contribution is 2.30. The summed E-state index contributed by atoms with van der Waals surface area (Å²) in [4.78, 5) is 11.6. The van der Waals surface area contributed by atoms with Crippen molar-refractivity contribution in [3.8, 4) is 0 Å². The minimum Gasteiger partial charge on any atom is -0.302 e. The molecule has 0 heterocycles. The van der Waals surface area contributed by atoms with Crippen LogP contribution in [0, 0.1) is 13.8 Å². The molecular formula is C17H18O. The van der Waals surface area contributed by atoms with Crippen LogP contribution in [0.4, 0.5) is 0 Å². The summed E-state index contributed by atoms with van der Waals surface area (Å²) in [6.45, 7) is 6.07. The molecule has 0 aliphatic heterocycles. The van der Waals surface area contributed by atoms with Crippen molar-refractivity contribution in [2.24, 2.45) is 0 Å². The number of carbonyl (C=O) groups is 1. The molecule has 0 radical (unpaired) electrons. The summed E-state index contributed by atoms with van der Waals surface area (Å²) in [7, 11) is 0. The number of hydrogen-bond donors (Lipinski definition) is 0. The molecule has 0 aromatic heterocycles. The third kappa shape index (κ3) is 2.21. The number of rotatable bonds is 3. The molecule has 0 unspecified atom stereocenters. The Morgan fingerprint density at radius 2 is 1.11 bits per heavy atom. The SMILES string of the molecule is Cc1ccc(C(C)(C=O)c2ccc(C)cc2)cc1. The number of aryl methyl sites for hydroxylation is 2. The van der Waals surface area contributed by atoms with Crippen molar-refractivity contribution >= 4 is 6.29 Å². The Morgan fingerprint density at radius 1 is 0.778 bits per heavy atom. The van der Waals surface area contributed by atoms with Crippen molar-refractivity contribution in [1.82, 2.24) is 0 Å². The van der Waals surface area contributed by atoms with E-state index in [9.17, 15) is 4.79 Å². The summed E-state index contributed by atoms with van der Waals surface area (Å²) in [6, 6.07) is 16.3. The monoisotopic (exact) mass is 238 g/mol. The second-order valence-electron chi connectivity index (χ2n) is 5.05. The highest BCUT2D eigenvalue weighted by molar-refractivity contribution is 5.74. The van der Waals surface area contributed by atoms with E-state index in [0.29, 0.717) is 0 Å². The van der Waals surface area contributed by atoms with Crippen LogP contribution in [0.2, 0.25) is 0 Å². The van der Waals surface area contributed by atoms with Crippen molar-refractivity contribution in [3.63, 3.8) is 0 Å². The van der Waals surface area contributed by atoms with E-state index in [4.69, 9.17) is 0 Å². The molecule has 0 spiro atoms. The lowest BCUT2D eigenvalue weighted by Gasteiger charge is -2.24. The van der Waals surface area contributed by atoms with Gasteiger partial charge in [0.05, 0.1) is 5.41 Å². The Hall–Kier alpha value is -1.89. The van der Waals surface area contributed by atoms with Gasteiger partial charge in [-0.1, -0.05) is 59.7 Å². The van der Waals surface area contributed by atoms with Crippen molar-refractivity contribution in [2.45, 2.75) is 26.2 Å². The van der Waals surface area contributed by atoms with Crippen LogP contribution in [0.3, 0.4) is 0 Å². The molecule has 0 aliphatic carbocycles. The average Bonchev–Trinajstić information content (AvgIpc) is 2.39. The van der Waals surface area contributed by atoms with Crippen molar-refractivity contribution in [2.75, 3.05) is 0 Å². The zero-order valence-electron chi connectivity index (χ0n) is 11.1. The van der Waals surface area contributed by atoms with Crippen LogP contribution in [0.1, 0.15) is 29.2 Å². The Balaban J connectivity index is 2.50. The van der Waals surface area contributed by atoms with Crippen molar-refractivity contribution in [1.29, 1.82) is 0 Å². The van der Waals surface area contributed by atoms with Gasteiger partial charge in [-0.3, -0.25) is 0 Å². The van der Waals surface area contributed by atoms with E-state index in [2.05, 4.69) is 0 Å². The summed E-state index contributed by atoms with van der Waals surface area (Å²) in [5.41, 5.74) is 3.91. The summed E-state index contributed by atoms with van der Waals surface area (Å²) in [5.74, 6) is 0. The van der Waals surface area contributed by atoms with Crippen LogP contribution in [0.25, 0.3) is 0 Å². The van der Waals surface area contributed by atoms with Crippen molar-refractivity contribution < 1.29 is 4.79 Å². The quantitative estimate of drug-likeness (QED) is 0.743. The lowest BCUT2D eigenvalue weighted by molar-refractivity contribution is -0.110. The molecule has 0 saturated heterocycles. The molecule has 18 heavy (non-hydrogen) atoms. The van der Waals surface area contributed by atoms with Crippen LogP contribution in [0.5, 0.6) is 0 Å². The van der Waals surface area contributed by atoms with Crippen LogP contribution in [-0.2, 0) is 10.2 Å². The maximum atomic E-state index is 11.6. The minimum absolute atomic E-state index is 0.568. The molecule has 0 atom stereocenters. The molecule has 2 rings (SSSR count). The second kappa shape index (κ2) is 4.77. The third-order valence-electron chi connectivity index (χ3n) is 3.54. The molecule has 1 nitrogen and oxygen atoms in total. The fourth-order valence-corrected chi connectivity index (χ4v) is 2.10. The topological polar surface area (TPSA) is 17.1 Å². The van der Waals surface area contributed by atoms with Gasteiger partial charge in [0.25, 0.3) is 0 Å². The summed E-state index contributed by atoms with van der Waals surface area (Å²) >= 11 is 0. The average molecular weight is 238 g/mol. The van der Waals surface area contributed by atoms with Gasteiger partial charge in [0.1, 0.15) is 6.29 Å². The molecule has 92 valence electrons. The fourth-order valence-electron chi connectivity index (χ4n) is 2.10. The first-order chi connectivity index (χ1) is 8.56. The van der Waals surface area contributed by atoms with Gasteiger partial charge in [-0.25, -0.2) is 0 Å². The zero-order chi connectivity index (χ0) is 13.2.